The molecule has 0 spiro atoms. The van der Waals surface area contributed by atoms with Crippen LogP contribution in [0.2, 0.25) is 0 Å². The molecule has 1 heterocycles. The molecular weight excluding hydrogens is 190 g/mol. The standard InChI is InChI=1S/C8H13NO3S/c1-8(3-2-4-13-8)5-9-6(10)7(11)12/h2-5H2,1H3,(H,9,10)(H,11,12). The van der Waals surface area contributed by atoms with E-state index in [1.54, 1.807) is 11.8 Å². The van der Waals surface area contributed by atoms with Crippen LogP contribution in [0.5, 0.6) is 0 Å². The zero-order valence-corrected chi connectivity index (χ0v) is 8.32. The van der Waals surface area contributed by atoms with Crippen molar-refractivity contribution in [1.82, 2.24) is 5.32 Å². The smallest absolute Gasteiger partial charge is 0.394 e. The van der Waals surface area contributed by atoms with Crippen molar-refractivity contribution in [2.45, 2.75) is 24.5 Å². The SMILES string of the molecule is CC1(CNC(=O)C(=O)O)CCCS1. The van der Waals surface area contributed by atoms with Gasteiger partial charge in [0.2, 0.25) is 0 Å². The Morgan fingerprint density at radius 2 is 2.31 bits per heavy atom. The Balaban J connectivity index is 2.33. The molecule has 1 saturated heterocycles. The minimum absolute atomic E-state index is 0.0328. The third-order valence-electron chi connectivity index (χ3n) is 2.12. The first kappa shape index (κ1) is 10.4. The van der Waals surface area contributed by atoms with E-state index in [1.807, 2.05) is 6.92 Å². The lowest BCUT2D eigenvalue weighted by molar-refractivity contribution is -0.150. The van der Waals surface area contributed by atoms with Crippen molar-refractivity contribution in [3.8, 4) is 0 Å². The van der Waals surface area contributed by atoms with E-state index in [0.29, 0.717) is 6.54 Å². The summed E-state index contributed by atoms with van der Waals surface area (Å²) in [6.07, 6.45) is 2.18. The van der Waals surface area contributed by atoms with Crippen LogP contribution in [0.15, 0.2) is 0 Å². The lowest BCUT2D eigenvalue weighted by Crippen LogP contribution is -2.40. The topological polar surface area (TPSA) is 66.4 Å². The highest BCUT2D eigenvalue weighted by Gasteiger charge is 2.30. The average molecular weight is 203 g/mol. The normalized spacial score (nSPS) is 27.2. The Hall–Kier alpha value is -0.710. The van der Waals surface area contributed by atoms with Gasteiger partial charge >= 0.3 is 11.9 Å². The number of hydrogen-bond donors (Lipinski definition) is 2. The van der Waals surface area contributed by atoms with Gasteiger partial charge in [0.1, 0.15) is 0 Å². The summed E-state index contributed by atoms with van der Waals surface area (Å²) in [7, 11) is 0. The van der Waals surface area contributed by atoms with Crippen LogP contribution in [0.3, 0.4) is 0 Å². The van der Waals surface area contributed by atoms with Gasteiger partial charge in [-0.1, -0.05) is 0 Å². The van der Waals surface area contributed by atoms with Gasteiger partial charge in [-0.2, -0.15) is 11.8 Å². The Morgan fingerprint density at radius 3 is 2.77 bits per heavy atom. The number of carboxylic acids is 1. The van der Waals surface area contributed by atoms with Gasteiger partial charge in [0.05, 0.1) is 0 Å². The Bertz CT molecular complexity index is 223. The average Bonchev–Trinajstić information content (AvgIpc) is 2.48. The molecule has 1 atom stereocenters. The van der Waals surface area contributed by atoms with Crippen molar-refractivity contribution in [1.29, 1.82) is 0 Å². The summed E-state index contributed by atoms with van der Waals surface area (Å²) in [5.74, 6) is -1.22. The second-order valence-corrected chi connectivity index (χ2v) is 5.07. The fourth-order valence-corrected chi connectivity index (χ4v) is 2.56. The third kappa shape index (κ3) is 2.91. The largest absolute Gasteiger partial charge is 0.474 e. The van der Waals surface area contributed by atoms with Crippen LogP contribution >= 0.6 is 11.8 Å². The molecule has 74 valence electrons. The molecule has 1 aliphatic heterocycles. The van der Waals surface area contributed by atoms with Gasteiger partial charge in [-0.3, -0.25) is 4.79 Å². The van der Waals surface area contributed by atoms with Gasteiger partial charge in [0.15, 0.2) is 0 Å². The van der Waals surface area contributed by atoms with Crippen LogP contribution in [0, 0.1) is 0 Å². The highest BCUT2D eigenvalue weighted by molar-refractivity contribution is 8.00. The third-order valence-corrected chi connectivity index (χ3v) is 3.66. The van der Waals surface area contributed by atoms with E-state index < -0.39 is 11.9 Å². The predicted molar refractivity (Wildman–Crippen MR) is 50.7 cm³/mol. The number of aliphatic carboxylic acids is 1. The van der Waals surface area contributed by atoms with Crippen LogP contribution in [0.1, 0.15) is 19.8 Å². The van der Waals surface area contributed by atoms with E-state index in [-0.39, 0.29) is 4.75 Å². The Labute approximate surface area is 81.1 Å². The second-order valence-electron chi connectivity index (χ2n) is 3.39. The highest BCUT2D eigenvalue weighted by atomic mass is 32.2. The Morgan fingerprint density at radius 1 is 1.62 bits per heavy atom. The molecule has 1 unspecified atom stereocenters. The first-order valence-corrected chi connectivity index (χ1v) is 5.17. The minimum atomic E-state index is -1.41. The molecule has 1 rings (SSSR count). The van der Waals surface area contributed by atoms with Crippen LogP contribution in [0.4, 0.5) is 0 Å². The van der Waals surface area contributed by atoms with E-state index in [9.17, 15) is 9.59 Å². The molecule has 1 aliphatic rings. The summed E-state index contributed by atoms with van der Waals surface area (Å²) in [5.41, 5.74) is 0. The summed E-state index contributed by atoms with van der Waals surface area (Å²) < 4.78 is 0.0328. The summed E-state index contributed by atoms with van der Waals surface area (Å²) >= 11 is 1.79. The van der Waals surface area contributed by atoms with Crippen LogP contribution in [-0.4, -0.2) is 34.0 Å². The molecule has 0 bridgehead atoms. The van der Waals surface area contributed by atoms with Crippen molar-refractivity contribution in [3.05, 3.63) is 0 Å². The van der Waals surface area contributed by atoms with Gasteiger partial charge in [0.25, 0.3) is 0 Å². The molecule has 1 amide bonds. The molecule has 0 aliphatic carbocycles. The van der Waals surface area contributed by atoms with E-state index >= 15 is 0 Å². The van der Waals surface area contributed by atoms with Crippen molar-refractivity contribution < 1.29 is 14.7 Å². The van der Waals surface area contributed by atoms with Gasteiger partial charge < -0.3 is 10.4 Å². The number of nitrogens with one attached hydrogen (secondary N) is 1. The van der Waals surface area contributed by atoms with Gasteiger partial charge in [0, 0.05) is 11.3 Å². The number of thioether (sulfide) groups is 1. The van der Waals surface area contributed by atoms with Crippen molar-refractivity contribution in [3.63, 3.8) is 0 Å². The number of amides is 1. The van der Waals surface area contributed by atoms with Gasteiger partial charge in [-0.05, 0) is 25.5 Å². The van der Waals surface area contributed by atoms with Gasteiger partial charge in [-0.15, -0.1) is 0 Å². The maximum atomic E-state index is 10.7. The second kappa shape index (κ2) is 4.00. The number of carbonyl (C=O) groups is 2. The number of hydrogen-bond acceptors (Lipinski definition) is 3. The van der Waals surface area contributed by atoms with Crippen LogP contribution < -0.4 is 5.32 Å². The summed E-state index contributed by atoms with van der Waals surface area (Å²) in [5, 5.41) is 10.7. The Kier molecular flexibility index (Phi) is 3.19. The number of carboxylic acid groups (broad SMARTS) is 1. The predicted octanol–water partition coefficient (Wildman–Crippen LogP) is 0.473. The fraction of sp³-hybridized carbons (Fsp3) is 0.750. The molecule has 0 aromatic heterocycles. The fourth-order valence-electron chi connectivity index (χ4n) is 1.32. The van der Waals surface area contributed by atoms with Gasteiger partial charge in [-0.25, -0.2) is 4.79 Å². The van der Waals surface area contributed by atoms with Crippen molar-refractivity contribution >= 4 is 23.6 Å². The monoisotopic (exact) mass is 203 g/mol. The van der Waals surface area contributed by atoms with E-state index in [1.165, 1.54) is 0 Å². The zero-order valence-electron chi connectivity index (χ0n) is 7.50. The number of carbonyl (C=O) groups excluding carboxylic acids is 1. The molecule has 2 N–H and O–H groups in total. The summed E-state index contributed by atoms with van der Waals surface area (Å²) in [6.45, 7) is 2.50. The molecule has 0 aromatic rings. The highest BCUT2D eigenvalue weighted by Crippen LogP contribution is 2.36. The first-order valence-electron chi connectivity index (χ1n) is 4.19. The molecule has 4 nitrogen and oxygen atoms in total. The van der Waals surface area contributed by atoms with E-state index in [0.717, 1.165) is 18.6 Å². The van der Waals surface area contributed by atoms with Crippen molar-refractivity contribution in [2.75, 3.05) is 12.3 Å². The quantitative estimate of drug-likeness (QED) is 0.640. The summed E-state index contributed by atoms with van der Waals surface area (Å²) in [4.78, 5) is 20.9. The van der Waals surface area contributed by atoms with E-state index in [4.69, 9.17) is 5.11 Å². The maximum Gasteiger partial charge on any atom is 0.394 e. The lowest BCUT2D eigenvalue weighted by atomic mass is 10.1. The molecule has 0 radical (unpaired) electrons. The maximum absolute atomic E-state index is 10.7. The summed E-state index contributed by atoms with van der Waals surface area (Å²) in [6, 6.07) is 0. The first-order chi connectivity index (χ1) is 6.03. The van der Waals surface area contributed by atoms with Crippen molar-refractivity contribution in [2.24, 2.45) is 0 Å². The minimum Gasteiger partial charge on any atom is -0.474 e. The molecule has 0 aromatic carbocycles. The lowest BCUT2D eigenvalue weighted by Gasteiger charge is -2.21. The molecule has 13 heavy (non-hydrogen) atoms. The molecule has 1 fully saturated rings. The van der Waals surface area contributed by atoms with Crippen LogP contribution in [0.25, 0.3) is 0 Å². The van der Waals surface area contributed by atoms with Crippen LogP contribution in [-0.2, 0) is 9.59 Å². The zero-order chi connectivity index (χ0) is 9.90. The molecular formula is C8H13NO3S. The molecule has 0 saturated carbocycles. The number of rotatable bonds is 2. The molecule has 5 heteroatoms. The van der Waals surface area contributed by atoms with E-state index in [2.05, 4.69) is 5.32 Å².